The van der Waals surface area contributed by atoms with Crippen LogP contribution in [0, 0.1) is 5.82 Å². The van der Waals surface area contributed by atoms with E-state index in [1.807, 2.05) is 12.1 Å². The number of rotatable bonds is 14. The zero-order valence-electron chi connectivity index (χ0n) is 22.1. The molecule has 1 heterocycles. The molecule has 1 aliphatic heterocycles. The van der Waals surface area contributed by atoms with E-state index in [-0.39, 0.29) is 34.7 Å². The van der Waals surface area contributed by atoms with Crippen molar-refractivity contribution in [2.45, 2.75) is 77.3 Å². The Morgan fingerprint density at radius 3 is 2.13 bits per heavy atom. The van der Waals surface area contributed by atoms with Crippen molar-refractivity contribution in [3.05, 3.63) is 65.5 Å². The lowest BCUT2D eigenvalue weighted by Gasteiger charge is -2.27. The normalized spacial score (nSPS) is 17.8. The van der Waals surface area contributed by atoms with Gasteiger partial charge >= 0.3 is 7.82 Å². The number of Topliss-reactive ketones (excluding diaryl/α,β-unsaturated/α-hetero) is 1. The molecule has 0 saturated carbocycles. The van der Waals surface area contributed by atoms with Crippen LogP contribution in [-0.2, 0) is 38.9 Å². The highest BCUT2D eigenvalue weighted by molar-refractivity contribution is 8.15. The molecule has 2 aromatic rings. The molecule has 3 rings (SSSR count). The Labute approximate surface area is 227 Å². The van der Waals surface area contributed by atoms with Gasteiger partial charge in [-0.2, -0.15) is 0 Å². The predicted molar refractivity (Wildman–Crippen MR) is 142 cm³/mol. The lowest BCUT2D eigenvalue weighted by Crippen LogP contribution is -2.23. The van der Waals surface area contributed by atoms with E-state index in [1.54, 1.807) is 58.0 Å². The Morgan fingerprint density at radius 2 is 1.58 bits per heavy atom. The maximum atomic E-state index is 14.7. The molecule has 0 amide bonds. The van der Waals surface area contributed by atoms with Crippen LogP contribution in [0.1, 0.15) is 58.3 Å². The van der Waals surface area contributed by atoms with Crippen molar-refractivity contribution >= 4 is 30.5 Å². The molecule has 3 atom stereocenters. The third-order valence-electron chi connectivity index (χ3n) is 5.26. The van der Waals surface area contributed by atoms with Gasteiger partial charge in [-0.05, 0) is 64.8 Å². The predicted octanol–water partition coefficient (Wildman–Crippen LogP) is 6.43. The van der Waals surface area contributed by atoms with Crippen molar-refractivity contribution in [2.24, 2.45) is 0 Å². The Hall–Kier alpha value is -2.07. The summed E-state index contributed by atoms with van der Waals surface area (Å²) in [5, 5.41) is -0.454. The topological polar surface area (TPSA) is 97.4 Å². The van der Waals surface area contributed by atoms with Gasteiger partial charge in [-0.3, -0.25) is 23.2 Å². The van der Waals surface area contributed by atoms with Gasteiger partial charge in [0.05, 0.1) is 23.9 Å². The van der Waals surface area contributed by atoms with E-state index in [9.17, 15) is 18.5 Å². The summed E-state index contributed by atoms with van der Waals surface area (Å²) >= 11 is 1.08. The van der Waals surface area contributed by atoms with Gasteiger partial charge in [0.2, 0.25) is 0 Å². The van der Waals surface area contributed by atoms with E-state index < -0.39 is 38.2 Å². The first-order valence-corrected chi connectivity index (χ1v) is 14.8. The lowest BCUT2D eigenvalue weighted by atomic mass is 10.1. The van der Waals surface area contributed by atoms with Gasteiger partial charge in [0, 0.05) is 5.56 Å². The number of phosphoric acid groups is 1. The zero-order valence-corrected chi connectivity index (χ0v) is 23.8. The monoisotopic (exact) mass is 568 g/mol. The number of ether oxygens (including phenoxy) is 2. The molecule has 0 aromatic heterocycles. The minimum Gasteiger partial charge on any atom is -0.491 e. The first-order valence-electron chi connectivity index (χ1n) is 12.4. The average Bonchev–Trinajstić information content (AvgIpc) is 3.12. The second-order valence-electron chi connectivity index (χ2n) is 9.36. The van der Waals surface area contributed by atoms with Crippen LogP contribution in [0.25, 0.3) is 0 Å². The molecule has 0 N–H and O–H groups in total. The zero-order chi connectivity index (χ0) is 27.9. The molecular formula is C27H34FO8PS. The fourth-order valence-corrected chi connectivity index (χ4v) is 6.38. The average molecular weight is 569 g/mol. The number of benzene rings is 2. The lowest BCUT2D eigenvalue weighted by molar-refractivity contribution is -0.136. The highest BCUT2D eigenvalue weighted by Crippen LogP contribution is 2.53. The molecule has 0 bridgehead atoms. The van der Waals surface area contributed by atoms with Gasteiger partial charge in [0.15, 0.2) is 17.2 Å². The van der Waals surface area contributed by atoms with Crippen LogP contribution in [0.4, 0.5) is 4.39 Å². The molecule has 2 aromatic carbocycles. The maximum Gasteiger partial charge on any atom is 0.477 e. The number of phosphoric ester groups is 1. The number of carbonyl (C=O) groups is 2. The van der Waals surface area contributed by atoms with Gasteiger partial charge in [0.25, 0.3) is 0 Å². The van der Waals surface area contributed by atoms with Crippen LogP contribution in [0.5, 0.6) is 5.75 Å². The Balaban J connectivity index is 1.68. The van der Waals surface area contributed by atoms with Crippen LogP contribution in [0.2, 0.25) is 0 Å². The number of hydrogen-bond acceptors (Lipinski definition) is 9. The van der Waals surface area contributed by atoms with E-state index in [0.717, 1.165) is 17.3 Å². The van der Waals surface area contributed by atoms with Crippen molar-refractivity contribution in [1.29, 1.82) is 0 Å². The summed E-state index contributed by atoms with van der Waals surface area (Å²) < 4.78 is 56.0. The van der Waals surface area contributed by atoms with Crippen LogP contribution < -0.4 is 4.74 Å². The summed E-state index contributed by atoms with van der Waals surface area (Å²) in [6.07, 6.45) is -2.40. The van der Waals surface area contributed by atoms with Crippen molar-refractivity contribution in [3.8, 4) is 5.75 Å². The minimum absolute atomic E-state index is 0.0151. The number of carbonyl (C=O) groups excluding carboxylic acids is 2. The van der Waals surface area contributed by atoms with Crippen molar-refractivity contribution in [3.63, 3.8) is 0 Å². The number of halogens is 1. The van der Waals surface area contributed by atoms with Crippen LogP contribution in [0.15, 0.2) is 48.5 Å². The van der Waals surface area contributed by atoms with E-state index in [1.165, 1.54) is 13.0 Å². The molecule has 0 radical (unpaired) electrons. The molecule has 1 aliphatic rings. The van der Waals surface area contributed by atoms with Crippen molar-refractivity contribution in [1.82, 2.24) is 0 Å². The van der Waals surface area contributed by atoms with Gasteiger partial charge in [-0.25, -0.2) is 8.96 Å². The Kier molecular flexibility index (Phi) is 11.1. The molecular weight excluding hydrogens is 534 g/mol. The summed E-state index contributed by atoms with van der Waals surface area (Å²) in [5.74, 6) is -0.0358. The highest BCUT2D eigenvalue weighted by atomic mass is 32.2. The molecule has 0 aliphatic carbocycles. The smallest absolute Gasteiger partial charge is 0.477 e. The molecule has 38 heavy (non-hydrogen) atoms. The third kappa shape index (κ3) is 9.29. The van der Waals surface area contributed by atoms with Crippen LogP contribution in [0.3, 0.4) is 0 Å². The molecule has 1 fully saturated rings. The molecule has 11 heteroatoms. The second kappa shape index (κ2) is 13.8. The fourth-order valence-electron chi connectivity index (χ4n) is 3.75. The van der Waals surface area contributed by atoms with E-state index in [2.05, 4.69) is 0 Å². The highest BCUT2D eigenvalue weighted by Gasteiger charge is 2.34. The van der Waals surface area contributed by atoms with E-state index in [0.29, 0.717) is 12.2 Å². The van der Waals surface area contributed by atoms with Crippen molar-refractivity contribution < 1.29 is 41.6 Å². The molecule has 8 nitrogen and oxygen atoms in total. The second-order valence-corrected chi connectivity index (χ2v) is 12.1. The number of ketones is 1. The van der Waals surface area contributed by atoms with Crippen LogP contribution >= 0.6 is 19.6 Å². The molecule has 208 valence electrons. The minimum atomic E-state index is -3.96. The van der Waals surface area contributed by atoms with Gasteiger partial charge < -0.3 is 9.47 Å². The fraction of sp³-hybridized carbons (Fsp3) is 0.481. The largest absolute Gasteiger partial charge is 0.491 e. The van der Waals surface area contributed by atoms with Gasteiger partial charge in [-0.1, -0.05) is 42.1 Å². The Bertz CT molecular complexity index is 1130. The third-order valence-corrected chi connectivity index (χ3v) is 8.30. The molecule has 1 saturated heterocycles. The summed E-state index contributed by atoms with van der Waals surface area (Å²) in [4.78, 5) is 23.4. The summed E-state index contributed by atoms with van der Waals surface area (Å²) in [6.45, 7) is 8.27. The Morgan fingerprint density at radius 1 is 0.947 bits per heavy atom. The molecule has 3 unspecified atom stereocenters. The first-order chi connectivity index (χ1) is 17.9. The maximum absolute atomic E-state index is 14.7. The molecule has 0 spiro atoms. The summed E-state index contributed by atoms with van der Waals surface area (Å²) in [5.41, 5.74) is 1.14. The van der Waals surface area contributed by atoms with Crippen molar-refractivity contribution in [2.75, 3.05) is 6.61 Å². The summed E-state index contributed by atoms with van der Waals surface area (Å²) in [7, 11) is -3.96. The SMILES string of the molecule is CC(C)OP(=O)(OC(C)C)OC(C)OC(COc1ccc(CC2SC(=O)CC2=O)cc1)c1ccccc1F. The van der Waals surface area contributed by atoms with E-state index in [4.69, 9.17) is 23.0 Å². The van der Waals surface area contributed by atoms with Gasteiger partial charge in [0.1, 0.15) is 24.3 Å². The quantitative estimate of drug-likeness (QED) is 0.145. The van der Waals surface area contributed by atoms with Gasteiger partial charge in [-0.15, -0.1) is 0 Å². The number of hydrogen-bond donors (Lipinski definition) is 0. The van der Waals surface area contributed by atoms with E-state index >= 15 is 0 Å². The van der Waals surface area contributed by atoms with Crippen LogP contribution in [-0.4, -0.2) is 41.3 Å². The number of thioether (sulfide) groups is 1. The standard InChI is InChI=1S/C27H34FO8PS/c1-17(2)34-37(31,35-18(3)4)36-19(5)33-25(22-8-6-7-9-23(22)28)16-32-21-12-10-20(11-13-21)14-26-24(29)15-27(30)38-26/h6-13,17-19,25-26H,14-16H2,1-5H3. The summed E-state index contributed by atoms with van der Waals surface area (Å²) in [6, 6.07) is 13.2. The first kappa shape index (κ1) is 30.5.